The maximum Gasteiger partial charge on any atom is 0.416 e. The Kier molecular flexibility index (Phi) is 6.71. The number of hydrogen-bond acceptors (Lipinski definition) is 3. The van der Waals surface area contributed by atoms with Gasteiger partial charge in [-0.15, -0.1) is 0 Å². The third kappa shape index (κ3) is 4.78. The average molecular weight is 419 g/mol. The van der Waals surface area contributed by atoms with E-state index in [9.17, 15) is 13.2 Å². The predicted molar refractivity (Wildman–Crippen MR) is 113 cm³/mol. The van der Waals surface area contributed by atoms with Crippen molar-refractivity contribution in [3.05, 3.63) is 58.9 Å². The van der Waals surface area contributed by atoms with Crippen LogP contribution in [0, 0.1) is 13.8 Å². The van der Waals surface area contributed by atoms with Gasteiger partial charge in [0.1, 0.15) is 18.2 Å². The molecule has 0 saturated heterocycles. The van der Waals surface area contributed by atoms with Crippen LogP contribution in [0.1, 0.15) is 36.4 Å². The van der Waals surface area contributed by atoms with Gasteiger partial charge in [0.25, 0.3) is 0 Å². The van der Waals surface area contributed by atoms with Gasteiger partial charge < -0.3 is 14.2 Å². The molecule has 0 amide bonds. The number of alkyl halides is 3. The summed E-state index contributed by atoms with van der Waals surface area (Å²) in [4.78, 5) is 6.77. The number of aryl methyl sites for hydroxylation is 1. The maximum atomic E-state index is 13.2. The monoisotopic (exact) mass is 419 g/mol. The Morgan fingerprint density at radius 2 is 1.80 bits per heavy atom. The molecule has 162 valence electrons. The first-order chi connectivity index (χ1) is 14.2. The molecular formula is C23H28F3N3O. The van der Waals surface area contributed by atoms with Gasteiger partial charge >= 0.3 is 6.18 Å². The van der Waals surface area contributed by atoms with E-state index in [0.29, 0.717) is 23.4 Å². The second kappa shape index (κ2) is 9.08. The van der Waals surface area contributed by atoms with Crippen molar-refractivity contribution in [2.45, 2.75) is 47.0 Å². The van der Waals surface area contributed by atoms with Crippen LogP contribution in [-0.4, -0.2) is 34.1 Å². The van der Waals surface area contributed by atoms with Crippen LogP contribution in [0.3, 0.4) is 0 Å². The van der Waals surface area contributed by atoms with Gasteiger partial charge in [0.2, 0.25) is 0 Å². The van der Waals surface area contributed by atoms with Gasteiger partial charge in [-0.3, -0.25) is 0 Å². The number of benzene rings is 2. The Hall–Kier alpha value is -2.54. The first-order valence-corrected chi connectivity index (χ1v) is 10.2. The number of likely N-dealkylation sites (N-methyl/N-ethyl adjacent to an activating group) is 1. The van der Waals surface area contributed by atoms with Gasteiger partial charge in [-0.05, 0) is 62.3 Å². The minimum Gasteiger partial charge on any atom is -0.485 e. The number of imidazole rings is 1. The average Bonchev–Trinajstić information content (AvgIpc) is 3.06. The van der Waals surface area contributed by atoms with Gasteiger partial charge in [0.15, 0.2) is 0 Å². The minimum atomic E-state index is -4.39. The molecular weight excluding hydrogens is 391 g/mol. The number of ether oxygens (including phenoxy) is 1. The molecule has 3 rings (SSSR count). The normalized spacial score (nSPS) is 12.1. The Labute approximate surface area is 175 Å². The Balaban J connectivity index is 1.95. The van der Waals surface area contributed by atoms with Crippen LogP contribution in [0.15, 0.2) is 36.4 Å². The molecule has 3 aromatic rings. The largest absolute Gasteiger partial charge is 0.485 e. The number of rotatable bonds is 8. The van der Waals surface area contributed by atoms with Crippen molar-refractivity contribution in [3.8, 4) is 5.75 Å². The van der Waals surface area contributed by atoms with E-state index in [0.717, 1.165) is 48.6 Å². The molecule has 1 heterocycles. The quantitative estimate of drug-likeness (QED) is 0.477. The lowest BCUT2D eigenvalue weighted by Gasteiger charge is -2.19. The molecule has 1 aromatic heterocycles. The van der Waals surface area contributed by atoms with E-state index >= 15 is 0 Å². The van der Waals surface area contributed by atoms with Crippen LogP contribution in [0.2, 0.25) is 0 Å². The molecule has 0 N–H and O–H groups in total. The van der Waals surface area contributed by atoms with E-state index < -0.39 is 11.7 Å². The summed E-state index contributed by atoms with van der Waals surface area (Å²) in [6.45, 7) is 11.6. The van der Waals surface area contributed by atoms with Crippen molar-refractivity contribution in [1.29, 1.82) is 0 Å². The van der Waals surface area contributed by atoms with Crippen LogP contribution in [0.25, 0.3) is 11.0 Å². The van der Waals surface area contributed by atoms with Gasteiger partial charge in [-0.2, -0.15) is 13.2 Å². The molecule has 0 bridgehead atoms. The summed E-state index contributed by atoms with van der Waals surface area (Å²) >= 11 is 0. The van der Waals surface area contributed by atoms with Crippen molar-refractivity contribution in [3.63, 3.8) is 0 Å². The highest BCUT2D eigenvalue weighted by atomic mass is 19.4. The fraction of sp³-hybridized carbons (Fsp3) is 0.435. The molecule has 2 aromatic carbocycles. The lowest BCUT2D eigenvalue weighted by molar-refractivity contribution is -0.137. The zero-order valence-electron chi connectivity index (χ0n) is 17.9. The molecule has 0 aliphatic rings. The van der Waals surface area contributed by atoms with Crippen LogP contribution in [-0.2, 0) is 19.3 Å². The fourth-order valence-corrected chi connectivity index (χ4v) is 3.52. The van der Waals surface area contributed by atoms with Crippen molar-refractivity contribution < 1.29 is 17.9 Å². The third-order valence-corrected chi connectivity index (χ3v) is 5.60. The topological polar surface area (TPSA) is 30.3 Å². The summed E-state index contributed by atoms with van der Waals surface area (Å²) in [6, 6.07) is 9.58. The van der Waals surface area contributed by atoms with Crippen molar-refractivity contribution in [2.75, 3.05) is 19.6 Å². The molecule has 0 radical (unpaired) electrons. The van der Waals surface area contributed by atoms with E-state index in [1.165, 1.54) is 6.07 Å². The second-order valence-electron chi connectivity index (χ2n) is 7.39. The van der Waals surface area contributed by atoms with Gasteiger partial charge in [0, 0.05) is 13.1 Å². The van der Waals surface area contributed by atoms with Gasteiger partial charge in [-0.25, -0.2) is 4.98 Å². The van der Waals surface area contributed by atoms with Gasteiger partial charge in [-0.1, -0.05) is 26.0 Å². The molecule has 0 aliphatic carbocycles. The number of halogens is 3. The summed E-state index contributed by atoms with van der Waals surface area (Å²) in [5.41, 5.74) is 2.50. The molecule has 0 saturated carbocycles. The summed E-state index contributed by atoms with van der Waals surface area (Å²) < 4.78 is 47.4. The van der Waals surface area contributed by atoms with Crippen LogP contribution in [0.5, 0.6) is 5.75 Å². The van der Waals surface area contributed by atoms with Crippen molar-refractivity contribution >= 4 is 11.0 Å². The van der Waals surface area contributed by atoms with E-state index in [1.54, 1.807) is 0 Å². The molecule has 0 aliphatic heterocycles. The van der Waals surface area contributed by atoms with Crippen molar-refractivity contribution in [2.24, 2.45) is 0 Å². The van der Waals surface area contributed by atoms with E-state index in [4.69, 9.17) is 4.74 Å². The SMILES string of the molecule is CCN(CC)CCn1c(COc2cccc(C)c2C)nc2cc(C(F)(F)F)ccc21. The van der Waals surface area contributed by atoms with E-state index in [2.05, 4.69) is 23.7 Å². The number of nitrogens with zero attached hydrogens (tertiary/aromatic N) is 3. The Bertz CT molecular complexity index is 1010. The Morgan fingerprint density at radius 3 is 2.47 bits per heavy atom. The number of hydrogen-bond donors (Lipinski definition) is 0. The Morgan fingerprint density at radius 1 is 1.07 bits per heavy atom. The minimum absolute atomic E-state index is 0.193. The highest BCUT2D eigenvalue weighted by molar-refractivity contribution is 5.77. The fourth-order valence-electron chi connectivity index (χ4n) is 3.52. The number of fused-ring (bicyclic) bond motifs is 1. The molecule has 0 fully saturated rings. The first-order valence-electron chi connectivity index (χ1n) is 10.2. The molecule has 0 atom stereocenters. The molecule has 0 unspecified atom stereocenters. The third-order valence-electron chi connectivity index (χ3n) is 5.60. The second-order valence-corrected chi connectivity index (χ2v) is 7.39. The lowest BCUT2D eigenvalue weighted by atomic mass is 10.1. The van der Waals surface area contributed by atoms with Crippen LogP contribution >= 0.6 is 0 Å². The van der Waals surface area contributed by atoms with Gasteiger partial charge in [0.05, 0.1) is 16.6 Å². The lowest BCUT2D eigenvalue weighted by Crippen LogP contribution is -2.27. The molecule has 7 heteroatoms. The number of aromatic nitrogens is 2. The summed E-state index contributed by atoms with van der Waals surface area (Å²) in [7, 11) is 0. The zero-order valence-corrected chi connectivity index (χ0v) is 17.9. The maximum absolute atomic E-state index is 13.2. The zero-order chi connectivity index (χ0) is 21.9. The molecule has 30 heavy (non-hydrogen) atoms. The van der Waals surface area contributed by atoms with Crippen LogP contribution < -0.4 is 4.74 Å². The smallest absolute Gasteiger partial charge is 0.416 e. The predicted octanol–water partition coefficient (Wildman–Crippen LogP) is 5.59. The molecule has 4 nitrogen and oxygen atoms in total. The summed E-state index contributed by atoms with van der Waals surface area (Å²) in [5.74, 6) is 1.38. The molecule has 0 spiro atoms. The summed E-state index contributed by atoms with van der Waals surface area (Å²) in [5, 5.41) is 0. The van der Waals surface area contributed by atoms with E-state index in [1.807, 2.05) is 36.6 Å². The summed E-state index contributed by atoms with van der Waals surface area (Å²) in [6.07, 6.45) is -4.39. The first kappa shape index (κ1) is 22.2. The highest BCUT2D eigenvalue weighted by Crippen LogP contribution is 2.32. The van der Waals surface area contributed by atoms with Crippen molar-refractivity contribution in [1.82, 2.24) is 14.5 Å². The standard InChI is InChI=1S/C23H28F3N3O/c1-5-28(6-2)12-13-29-20-11-10-18(23(24,25)26)14-19(20)27-22(29)15-30-21-9-7-8-16(3)17(21)4/h7-11,14H,5-6,12-13,15H2,1-4H3. The highest BCUT2D eigenvalue weighted by Gasteiger charge is 2.31. The van der Waals surface area contributed by atoms with E-state index in [-0.39, 0.29) is 6.61 Å². The van der Waals surface area contributed by atoms with Crippen LogP contribution in [0.4, 0.5) is 13.2 Å².